The van der Waals surface area contributed by atoms with Crippen molar-refractivity contribution in [1.29, 1.82) is 0 Å². The molecule has 1 amide bonds. The van der Waals surface area contributed by atoms with Crippen LogP contribution in [0.25, 0.3) is 0 Å². The molecule has 1 aromatic carbocycles. The second-order valence-corrected chi connectivity index (χ2v) is 5.65. The molecule has 0 spiro atoms. The van der Waals surface area contributed by atoms with Crippen LogP contribution in [0.5, 0.6) is 0 Å². The van der Waals surface area contributed by atoms with Gasteiger partial charge in [-0.25, -0.2) is 0 Å². The fourth-order valence-electron chi connectivity index (χ4n) is 2.28. The van der Waals surface area contributed by atoms with Gasteiger partial charge in [-0.15, -0.1) is 0 Å². The van der Waals surface area contributed by atoms with Gasteiger partial charge in [0.15, 0.2) is 0 Å². The summed E-state index contributed by atoms with van der Waals surface area (Å²) < 4.78 is 0. The summed E-state index contributed by atoms with van der Waals surface area (Å²) in [5.74, 6) is 5.51. The fourth-order valence-corrected chi connectivity index (χ4v) is 2.28. The van der Waals surface area contributed by atoms with Crippen LogP contribution in [-0.2, 0) is 0 Å². The van der Waals surface area contributed by atoms with Gasteiger partial charge >= 0.3 is 0 Å². The maximum Gasteiger partial charge on any atom is 0.256 e. The number of benzene rings is 1. The van der Waals surface area contributed by atoms with Crippen molar-refractivity contribution in [3.05, 3.63) is 29.8 Å². The summed E-state index contributed by atoms with van der Waals surface area (Å²) in [5.41, 5.74) is 4.27. The number of rotatable bonds is 2. The average Bonchev–Trinajstić information content (AvgIpc) is 2.38. The summed E-state index contributed by atoms with van der Waals surface area (Å²) >= 11 is 0. The maximum absolute atomic E-state index is 12.4. The molecule has 1 aromatic rings. The minimum atomic E-state index is 0.0686. The van der Waals surface area contributed by atoms with Gasteiger partial charge in [-0.2, -0.15) is 0 Å². The van der Waals surface area contributed by atoms with E-state index in [0.717, 1.165) is 25.9 Å². The fraction of sp³-hybridized carbons (Fsp3) is 0.500. The molecule has 1 aliphatic heterocycles. The molecule has 0 bridgehead atoms. The number of likely N-dealkylation sites (tertiary alicyclic amines) is 1. The first-order valence-corrected chi connectivity index (χ1v) is 6.38. The topological polar surface area (TPSA) is 58.4 Å². The highest BCUT2D eigenvalue weighted by Crippen LogP contribution is 2.30. The van der Waals surface area contributed by atoms with Crippen molar-refractivity contribution in [2.24, 2.45) is 11.3 Å². The van der Waals surface area contributed by atoms with E-state index in [1.807, 2.05) is 29.2 Å². The first-order valence-electron chi connectivity index (χ1n) is 6.38. The number of amides is 1. The van der Waals surface area contributed by atoms with Gasteiger partial charge in [0.2, 0.25) is 0 Å². The minimum Gasteiger partial charge on any atom is -0.339 e. The molecule has 1 aliphatic rings. The molecule has 0 saturated carbocycles. The molecule has 0 atom stereocenters. The molecule has 0 aromatic heterocycles. The van der Waals surface area contributed by atoms with Crippen molar-refractivity contribution >= 4 is 11.6 Å². The van der Waals surface area contributed by atoms with Gasteiger partial charge in [0.25, 0.3) is 5.91 Å². The first-order chi connectivity index (χ1) is 8.53. The highest BCUT2D eigenvalue weighted by molar-refractivity contribution is 5.99. The molecule has 0 unspecified atom stereocenters. The van der Waals surface area contributed by atoms with Crippen molar-refractivity contribution in [2.75, 3.05) is 18.5 Å². The second-order valence-electron chi connectivity index (χ2n) is 5.65. The van der Waals surface area contributed by atoms with Gasteiger partial charge in [0.05, 0.1) is 11.3 Å². The van der Waals surface area contributed by atoms with E-state index in [1.165, 1.54) is 0 Å². The summed E-state index contributed by atoms with van der Waals surface area (Å²) in [6.07, 6.45) is 2.11. The van der Waals surface area contributed by atoms with Crippen LogP contribution in [0.3, 0.4) is 0 Å². The smallest absolute Gasteiger partial charge is 0.256 e. The van der Waals surface area contributed by atoms with Gasteiger partial charge in [0.1, 0.15) is 0 Å². The van der Waals surface area contributed by atoms with Crippen molar-refractivity contribution in [3.8, 4) is 0 Å². The third-order valence-corrected chi connectivity index (χ3v) is 3.72. The van der Waals surface area contributed by atoms with Crippen LogP contribution in [0.2, 0.25) is 0 Å². The molecule has 2 rings (SSSR count). The molecule has 1 heterocycles. The number of carbonyl (C=O) groups excluding carboxylic acids is 1. The minimum absolute atomic E-state index is 0.0686. The Morgan fingerprint density at radius 1 is 1.28 bits per heavy atom. The average molecular weight is 247 g/mol. The molecule has 18 heavy (non-hydrogen) atoms. The number of nitrogens with zero attached hydrogens (tertiary/aromatic N) is 1. The number of piperidine rings is 1. The van der Waals surface area contributed by atoms with Crippen molar-refractivity contribution < 1.29 is 4.79 Å². The molecule has 1 saturated heterocycles. The van der Waals surface area contributed by atoms with Crippen LogP contribution >= 0.6 is 0 Å². The normalized spacial score (nSPS) is 18.5. The SMILES string of the molecule is CC1(C)CCN(C(=O)c2ccccc2NN)CC1. The van der Waals surface area contributed by atoms with Gasteiger partial charge in [-0.1, -0.05) is 26.0 Å². The number of nitrogen functional groups attached to an aromatic ring is 1. The lowest BCUT2D eigenvalue weighted by Gasteiger charge is -2.37. The van der Waals surface area contributed by atoms with Crippen LogP contribution in [0.4, 0.5) is 5.69 Å². The summed E-state index contributed by atoms with van der Waals surface area (Å²) in [4.78, 5) is 14.3. The second kappa shape index (κ2) is 4.98. The van der Waals surface area contributed by atoms with Crippen LogP contribution in [0, 0.1) is 5.41 Å². The predicted octanol–water partition coefficient (Wildman–Crippen LogP) is 2.23. The Morgan fingerprint density at radius 3 is 2.50 bits per heavy atom. The van der Waals surface area contributed by atoms with E-state index in [9.17, 15) is 4.79 Å². The predicted molar refractivity (Wildman–Crippen MR) is 73.2 cm³/mol. The van der Waals surface area contributed by atoms with Crippen LogP contribution in [0.15, 0.2) is 24.3 Å². The van der Waals surface area contributed by atoms with Crippen molar-refractivity contribution in [3.63, 3.8) is 0 Å². The van der Waals surface area contributed by atoms with Gasteiger partial charge in [0, 0.05) is 13.1 Å². The van der Waals surface area contributed by atoms with E-state index in [2.05, 4.69) is 19.3 Å². The summed E-state index contributed by atoms with van der Waals surface area (Å²) in [6, 6.07) is 7.37. The molecular formula is C14H21N3O. The standard InChI is InChI=1S/C14H21N3O/c1-14(2)7-9-17(10-8-14)13(18)11-5-3-4-6-12(11)16-15/h3-6,16H,7-10,15H2,1-2H3. The van der Waals surface area contributed by atoms with Crippen LogP contribution < -0.4 is 11.3 Å². The third-order valence-electron chi connectivity index (χ3n) is 3.72. The van der Waals surface area contributed by atoms with E-state index in [4.69, 9.17) is 5.84 Å². The lowest BCUT2D eigenvalue weighted by Crippen LogP contribution is -2.41. The lowest BCUT2D eigenvalue weighted by molar-refractivity contribution is 0.0631. The Hall–Kier alpha value is -1.55. The Morgan fingerprint density at radius 2 is 1.89 bits per heavy atom. The monoisotopic (exact) mass is 247 g/mol. The largest absolute Gasteiger partial charge is 0.339 e. The number of para-hydroxylation sites is 1. The van der Waals surface area contributed by atoms with Crippen LogP contribution in [-0.4, -0.2) is 23.9 Å². The van der Waals surface area contributed by atoms with Crippen molar-refractivity contribution in [2.45, 2.75) is 26.7 Å². The molecule has 4 heteroatoms. The molecular weight excluding hydrogens is 226 g/mol. The zero-order chi connectivity index (χ0) is 13.2. The van der Waals surface area contributed by atoms with E-state index in [1.54, 1.807) is 0 Å². The number of nitrogens with two attached hydrogens (primary N) is 1. The first kappa shape index (κ1) is 12.9. The van der Waals surface area contributed by atoms with Gasteiger partial charge in [-0.3, -0.25) is 10.6 Å². The quantitative estimate of drug-likeness (QED) is 0.622. The summed E-state index contributed by atoms with van der Waals surface area (Å²) in [5, 5.41) is 0. The van der Waals surface area contributed by atoms with Crippen molar-refractivity contribution in [1.82, 2.24) is 4.90 Å². The third kappa shape index (κ3) is 2.64. The van der Waals surface area contributed by atoms with E-state index in [0.29, 0.717) is 16.7 Å². The van der Waals surface area contributed by atoms with Gasteiger partial charge < -0.3 is 10.3 Å². The number of anilines is 1. The lowest BCUT2D eigenvalue weighted by atomic mass is 9.82. The number of hydrogen-bond acceptors (Lipinski definition) is 3. The molecule has 1 fully saturated rings. The Bertz CT molecular complexity index is 432. The number of carbonyl (C=O) groups is 1. The molecule has 0 aliphatic carbocycles. The number of hydrazine groups is 1. The Kier molecular flexibility index (Phi) is 3.57. The summed E-state index contributed by atoms with van der Waals surface area (Å²) in [7, 11) is 0. The highest BCUT2D eigenvalue weighted by Gasteiger charge is 2.28. The Labute approximate surface area is 108 Å². The maximum atomic E-state index is 12.4. The zero-order valence-electron chi connectivity index (χ0n) is 11.1. The molecule has 3 N–H and O–H groups in total. The zero-order valence-corrected chi connectivity index (χ0v) is 11.1. The van der Waals surface area contributed by atoms with Crippen LogP contribution in [0.1, 0.15) is 37.0 Å². The molecule has 4 nitrogen and oxygen atoms in total. The summed E-state index contributed by atoms with van der Waals surface area (Å²) in [6.45, 7) is 6.16. The Balaban J connectivity index is 2.13. The van der Waals surface area contributed by atoms with E-state index in [-0.39, 0.29) is 5.91 Å². The van der Waals surface area contributed by atoms with E-state index < -0.39 is 0 Å². The number of nitrogens with one attached hydrogen (secondary N) is 1. The highest BCUT2D eigenvalue weighted by atomic mass is 16.2. The van der Waals surface area contributed by atoms with Gasteiger partial charge in [-0.05, 0) is 30.4 Å². The number of hydrogen-bond donors (Lipinski definition) is 2. The van der Waals surface area contributed by atoms with E-state index >= 15 is 0 Å². The molecule has 0 radical (unpaired) electrons. The molecule has 98 valence electrons.